The predicted molar refractivity (Wildman–Crippen MR) is 125 cm³/mol. The number of carbonyl (C=O) groups excluding carboxylic acids is 1. The van der Waals surface area contributed by atoms with E-state index in [2.05, 4.69) is 25.1 Å². The molecule has 4 rings (SSSR count). The van der Waals surface area contributed by atoms with Crippen LogP contribution in [0.5, 0.6) is 0 Å². The second-order valence-corrected chi connectivity index (χ2v) is 9.77. The first-order valence-corrected chi connectivity index (χ1v) is 12.1. The van der Waals surface area contributed by atoms with E-state index in [1.165, 1.54) is 11.1 Å². The van der Waals surface area contributed by atoms with Gasteiger partial charge in [-0.05, 0) is 55.6 Å². The lowest BCUT2D eigenvalue weighted by atomic mass is 9.89. The molecule has 0 aromatic heterocycles. The van der Waals surface area contributed by atoms with E-state index in [4.69, 9.17) is 4.74 Å². The number of benzene rings is 1. The molecule has 3 aliphatic rings. The fourth-order valence-corrected chi connectivity index (χ4v) is 5.60. The SMILES string of the molecule is Cc1cccc(C[C@H](O)/C=C/[C@@H]2[C@H]3CC(COCCC(=O)N4CCCC4)=C[C@H]3C[C@H]2O)c1. The third-order valence-corrected chi connectivity index (χ3v) is 7.24. The summed E-state index contributed by atoms with van der Waals surface area (Å²) in [7, 11) is 0. The number of rotatable bonds is 9. The summed E-state index contributed by atoms with van der Waals surface area (Å²) in [6.45, 7) is 4.89. The zero-order chi connectivity index (χ0) is 22.5. The summed E-state index contributed by atoms with van der Waals surface area (Å²) >= 11 is 0. The minimum absolute atomic E-state index is 0.0673. The number of hydrogen-bond donors (Lipinski definition) is 2. The van der Waals surface area contributed by atoms with Gasteiger partial charge in [-0.25, -0.2) is 0 Å². The Morgan fingerprint density at radius 1 is 1.31 bits per heavy atom. The molecule has 0 radical (unpaired) electrons. The number of fused-ring (bicyclic) bond motifs is 1. The van der Waals surface area contributed by atoms with Gasteiger partial charge < -0.3 is 19.8 Å². The lowest BCUT2D eigenvalue weighted by Gasteiger charge is -2.19. The summed E-state index contributed by atoms with van der Waals surface area (Å²) in [4.78, 5) is 14.1. The molecule has 5 heteroatoms. The number of hydrogen-bond acceptors (Lipinski definition) is 4. The van der Waals surface area contributed by atoms with Crippen molar-refractivity contribution in [3.05, 3.63) is 59.2 Å². The van der Waals surface area contributed by atoms with Crippen LogP contribution in [0.2, 0.25) is 0 Å². The highest BCUT2D eigenvalue weighted by molar-refractivity contribution is 5.76. The Morgan fingerprint density at radius 2 is 2.12 bits per heavy atom. The summed E-state index contributed by atoms with van der Waals surface area (Å²) in [5.41, 5.74) is 3.59. The molecule has 1 saturated carbocycles. The Balaban J connectivity index is 1.22. The molecule has 174 valence electrons. The maximum atomic E-state index is 12.1. The van der Waals surface area contributed by atoms with Gasteiger partial charge in [-0.3, -0.25) is 4.79 Å². The van der Waals surface area contributed by atoms with Crippen molar-refractivity contribution in [2.24, 2.45) is 17.8 Å². The first-order chi connectivity index (χ1) is 15.5. The lowest BCUT2D eigenvalue weighted by molar-refractivity contribution is -0.131. The van der Waals surface area contributed by atoms with E-state index < -0.39 is 6.10 Å². The monoisotopic (exact) mass is 439 g/mol. The molecule has 2 fully saturated rings. The fraction of sp³-hybridized carbons (Fsp3) is 0.593. The van der Waals surface area contributed by atoms with E-state index >= 15 is 0 Å². The Hall–Kier alpha value is -1.95. The van der Waals surface area contributed by atoms with Crippen LogP contribution in [-0.2, 0) is 16.0 Å². The summed E-state index contributed by atoms with van der Waals surface area (Å²) in [5, 5.41) is 21.0. The zero-order valence-corrected chi connectivity index (χ0v) is 19.2. The van der Waals surface area contributed by atoms with Gasteiger partial charge >= 0.3 is 0 Å². The minimum atomic E-state index is -0.548. The largest absolute Gasteiger partial charge is 0.392 e. The van der Waals surface area contributed by atoms with Gasteiger partial charge in [-0.2, -0.15) is 0 Å². The van der Waals surface area contributed by atoms with E-state index in [1.807, 2.05) is 29.2 Å². The van der Waals surface area contributed by atoms with E-state index in [-0.39, 0.29) is 17.9 Å². The number of aryl methyl sites for hydroxylation is 1. The van der Waals surface area contributed by atoms with Crippen molar-refractivity contribution in [1.82, 2.24) is 4.90 Å². The Kier molecular flexibility index (Phi) is 7.82. The average molecular weight is 440 g/mol. The normalized spacial score (nSPS) is 28.3. The van der Waals surface area contributed by atoms with Crippen molar-refractivity contribution >= 4 is 5.91 Å². The van der Waals surface area contributed by atoms with Crippen LogP contribution in [0.4, 0.5) is 0 Å². The van der Waals surface area contributed by atoms with Gasteiger partial charge in [-0.15, -0.1) is 0 Å². The van der Waals surface area contributed by atoms with Crippen LogP contribution in [0.25, 0.3) is 0 Å². The summed E-state index contributed by atoms with van der Waals surface area (Å²) in [5.74, 6) is 1.02. The molecule has 0 spiro atoms. The number of carbonyl (C=O) groups is 1. The van der Waals surface area contributed by atoms with Gasteiger partial charge in [0.15, 0.2) is 0 Å². The highest BCUT2D eigenvalue weighted by atomic mass is 16.5. The molecule has 1 saturated heterocycles. The van der Waals surface area contributed by atoms with Gasteiger partial charge in [0.2, 0.25) is 5.91 Å². The quantitative estimate of drug-likeness (QED) is 0.457. The van der Waals surface area contributed by atoms with E-state index in [9.17, 15) is 15.0 Å². The third-order valence-electron chi connectivity index (χ3n) is 7.24. The molecule has 1 amide bonds. The van der Waals surface area contributed by atoms with Gasteiger partial charge in [0.1, 0.15) is 0 Å². The summed E-state index contributed by atoms with van der Waals surface area (Å²) in [6, 6.07) is 8.21. The van der Waals surface area contributed by atoms with Crippen molar-refractivity contribution < 1.29 is 19.7 Å². The van der Waals surface area contributed by atoms with Crippen molar-refractivity contribution in [3.63, 3.8) is 0 Å². The second-order valence-electron chi connectivity index (χ2n) is 9.77. The predicted octanol–water partition coefficient (Wildman–Crippen LogP) is 3.43. The molecule has 5 nitrogen and oxygen atoms in total. The fourth-order valence-electron chi connectivity index (χ4n) is 5.60. The molecular formula is C27H37NO4. The maximum absolute atomic E-state index is 12.1. The highest BCUT2D eigenvalue weighted by Crippen LogP contribution is 2.47. The number of amides is 1. The third kappa shape index (κ3) is 5.89. The first kappa shape index (κ1) is 23.2. The molecule has 1 aromatic rings. The minimum Gasteiger partial charge on any atom is -0.392 e. The maximum Gasteiger partial charge on any atom is 0.224 e. The number of likely N-dealkylation sites (tertiary alicyclic amines) is 1. The van der Waals surface area contributed by atoms with E-state index in [0.717, 1.165) is 44.3 Å². The molecule has 0 unspecified atom stereocenters. The van der Waals surface area contributed by atoms with Crippen LogP contribution in [0.3, 0.4) is 0 Å². The van der Waals surface area contributed by atoms with E-state index in [1.54, 1.807) is 0 Å². The Labute approximate surface area is 191 Å². The summed E-state index contributed by atoms with van der Waals surface area (Å²) in [6.07, 6.45) is 10.2. The topological polar surface area (TPSA) is 70.0 Å². The van der Waals surface area contributed by atoms with Crippen LogP contribution in [0, 0.1) is 24.7 Å². The molecule has 5 atom stereocenters. The Bertz CT molecular complexity index is 842. The molecular weight excluding hydrogens is 402 g/mol. The number of allylic oxidation sites excluding steroid dienone is 1. The van der Waals surface area contributed by atoms with Gasteiger partial charge in [-0.1, -0.05) is 48.1 Å². The van der Waals surface area contributed by atoms with Crippen LogP contribution in [0.15, 0.2) is 48.1 Å². The molecule has 1 heterocycles. The number of nitrogens with zero attached hydrogens (tertiary/aromatic N) is 1. The molecule has 1 aromatic carbocycles. The number of aliphatic hydroxyl groups excluding tert-OH is 2. The average Bonchev–Trinajstić information content (AvgIpc) is 3.47. The van der Waals surface area contributed by atoms with Crippen LogP contribution < -0.4 is 0 Å². The van der Waals surface area contributed by atoms with Crippen molar-refractivity contribution in [2.45, 2.75) is 57.7 Å². The molecule has 1 aliphatic heterocycles. The van der Waals surface area contributed by atoms with Crippen LogP contribution in [-0.4, -0.2) is 59.5 Å². The molecule has 2 N–H and O–H groups in total. The van der Waals surface area contributed by atoms with Gasteiger partial charge in [0, 0.05) is 25.4 Å². The smallest absolute Gasteiger partial charge is 0.224 e. The van der Waals surface area contributed by atoms with Crippen molar-refractivity contribution in [1.29, 1.82) is 0 Å². The van der Waals surface area contributed by atoms with Gasteiger partial charge in [0.05, 0.1) is 31.8 Å². The van der Waals surface area contributed by atoms with Crippen molar-refractivity contribution in [3.8, 4) is 0 Å². The number of aliphatic hydroxyl groups is 2. The number of ether oxygens (including phenoxy) is 1. The standard InChI is InChI=1S/C27H37NO4/c1-19-5-4-6-20(13-19)15-23(29)7-8-24-25-16-21(14-22(25)17-26(24)30)18-32-12-9-27(31)28-10-2-3-11-28/h4-8,13-14,22-26,29-30H,2-3,9-12,15-18H2,1H3/b8-7+/t22-,23+,24+,25-,26+/m0/s1. The summed E-state index contributed by atoms with van der Waals surface area (Å²) < 4.78 is 5.81. The Morgan fingerprint density at radius 3 is 2.91 bits per heavy atom. The molecule has 32 heavy (non-hydrogen) atoms. The highest BCUT2D eigenvalue weighted by Gasteiger charge is 2.43. The van der Waals surface area contributed by atoms with E-state index in [0.29, 0.717) is 37.9 Å². The molecule has 0 bridgehead atoms. The molecule has 2 aliphatic carbocycles. The van der Waals surface area contributed by atoms with Crippen LogP contribution in [0.1, 0.15) is 43.2 Å². The lowest BCUT2D eigenvalue weighted by Crippen LogP contribution is -2.28. The first-order valence-electron chi connectivity index (χ1n) is 12.1. The van der Waals surface area contributed by atoms with Crippen LogP contribution >= 0.6 is 0 Å². The van der Waals surface area contributed by atoms with Crippen molar-refractivity contribution in [2.75, 3.05) is 26.3 Å². The zero-order valence-electron chi connectivity index (χ0n) is 19.2. The second kappa shape index (κ2) is 10.8. The van der Waals surface area contributed by atoms with Gasteiger partial charge in [0.25, 0.3) is 0 Å².